The molecule has 5 aromatic carbocycles. The van der Waals surface area contributed by atoms with Gasteiger partial charge in [-0.25, -0.2) is 19.9 Å². The summed E-state index contributed by atoms with van der Waals surface area (Å²) in [5, 5.41) is 8.17. The number of aromatic nitrogens is 8. The Labute approximate surface area is 332 Å². The molecule has 11 aromatic rings. The van der Waals surface area contributed by atoms with Gasteiger partial charge in [0.2, 0.25) is 0 Å². The van der Waals surface area contributed by atoms with E-state index in [1.807, 2.05) is 78.9 Å². The van der Waals surface area contributed by atoms with Gasteiger partial charge >= 0.3 is 0 Å². The minimum absolute atomic E-state index is 0.431. The average Bonchev–Trinajstić information content (AvgIpc) is 3.31. The van der Waals surface area contributed by atoms with Crippen LogP contribution in [0, 0.1) is 0 Å². The van der Waals surface area contributed by atoms with Crippen molar-refractivity contribution in [3.05, 3.63) is 183 Å². The molecule has 0 atom stereocenters. The smallest absolute Gasteiger partial charge is 0.182 e. The van der Waals surface area contributed by atoms with Crippen LogP contribution in [0.15, 0.2) is 183 Å². The predicted molar refractivity (Wildman–Crippen MR) is 231 cm³/mol. The first-order valence-electron chi connectivity index (χ1n) is 19.0. The van der Waals surface area contributed by atoms with Gasteiger partial charge in [-0.15, -0.1) is 0 Å². The largest absolute Gasteiger partial charge is 0.256 e. The van der Waals surface area contributed by atoms with Gasteiger partial charge in [-0.3, -0.25) is 19.9 Å². The summed E-state index contributed by atoms with van der Waals surface area (Å²) in [6.45, 7) is 0. The standard InChI is InChI=1S/C50H30N8/c1-3-16-37-35(14-1)36-15-2-4-17-38(36)46-45(37)39-18-5-6-21-42(39)55-47(46)31-12-11-13-32(28-31)48-56-49(43-24-22-33(29-53-43)40-19-7-9-26-51-40)58-50(57-48)44-25-23-34(30-54-44)41-20-8-10-27-52-41/h1-30H. The van der Waals surface area contributed by atoms with Gasteiger partial charge in [-0.2, -0.15) is 0 Å². The van der Waals surface area contributed by atoms with Gasteiger partial charge in [0.1, 0.15) is 11.4 Å². The molecule has 0 bridgehead atoms. The molecule has 0 spiro atoms. The van der Waals surface area contributed by atoms with Crippen LogP contribution in [0.3, 0.4) is 0 Å². The normalized spacial score (nSPS) is 11.4. The minimum atomic E-state index is 0.431. The second-order valence-corrected chi connectivity index (χ2v) is 14.0. The molecule has 0 aliphatic carbocycles. The van der Waals surface area contributed by atoms with Crippen molar-refractivity contribution in [1.82, 2.24) is 39.9 Å². The molecule has 8 nitrogen and oxygen atoms in total. The number of nitrogens with zero attached hydrogens (tertiary/aromatic N) is 8. The summed E-state index contributed by atoms with van der Waals surface area (Å²) in [4.78, 5) is 39.0. The predicted octanol–water partition coefficient (Wildman–Crippen LogP) is 11.5. The third-order valence-corrected chi connectivity index (χ3v) is 10.5. The van der Waals surface area contributed by atoms with Crippen LogP contribution in [0.2, 0.25) is 0 Å². The molecule has 0 aliphatic rings. The van der Waals surface area contributed by atoms with E-state index in [4.69, 9.17) is 29.9 Å². The summed E-state index contributed by atoms with van der Waals surface area (Å²) in [6, 6.07) is 53.4. The van der Waals surface area contributed by atoms with Gasteiger partial charge in [-0.1, -0.05) is 97.1 Å². The van der Waals surface area contributed by atoms with Crippen molar-refractivity contribution in [2.75, 3.05) is 0 Å². The third kappa shape index (κ3) is 5.79. The van der Waals surface area contributed by atoms with E-state index in [-0.39, 0.29) is 0 Å². The van der Waals surface area contributed by atoms with Crippen molar-refractivity contribution in [2.45, 2.75) is 0 Å². The maximum absolute atomic E-state index is 5.38. The fraction of sp³-hybridized carbons (Fsp3) is 0. The molecule has 0 saturated carbocycles. The van der Waals surface area contributed by atoms with E-state index >= 15 is 0 Å². The van der Waals surface area contributed by atoms with Crippen LogP contribution in [0.25, 0.3) is 111 Å². The van der Waals surface area contributed by atoms with Gasteiger partial charge in [0, 0.05) is 63.2 Å². The lowest BCUT2D eigenvalue weighted by Gasteiger charge is -2.16. The number of hydrogen-bond donors (Lipinski definition) is 0. The minimum Gasteiger partial charge on any atom is -0.256 e. The molecule has 270 valence electrons. The zero-order valence-corrected chi connectivity index (χ0v) is 30.9. The number of fused-ring (bicyclic) bond motifs is 8. The van der Waals surface area contributed by atoms with Gasteiger partial charge in [0.05, 0.1) is 22.6 Å². The van der Waals surface area contributed by atoms with E-state index in [0.29, 0.717) is 28.9 Å². The van der Waals surface area contributed by atoms with Crippen molar-refractivity contribution in [3.63, 3.8) is 0 Å². The molecule has 58 heavy (non-hydrogen) atoms. The van der Waals surface area contributed by atoms with Crippen LogP contribution in [-0.2, 0) is 0 Å². The average molecular weight is 743 g/mol. The molecule has 8 heteroatoms. The number of pyridine rings is 5. The van der Waals surface area contributed by atoms with Crippen molar-refractivity contribution >= 4 is 43.2 Å². The van der Waals surface area contributed by atoms with Crippen molar-refractivity contribution in [1.29, 1.82) is 0 Å². The Hall–Kier alpha value is -8.10. The summed E-state index contributed by atoms with van der Waals surface area (Å²) in [7, 11) is 0. The number of rotatable bonds is 6. The third-order valence-electron chi connectivity index (χ3n) is 10.5. The van der Waals surface area contributed by atoms with Crippen LogP contribution >= 0.6 is 0 Å². The molecule has 0 saturated heterocycles. The molecular formula is C50H30N8. The second kappa shape index (κ2) is 13.9. The number of hydrogen-bond acceptors (Lipinski definition) is 8. The Morgan fingerprint density at radius 3 is 1.38 bits per heavy atom. The van der Waals surface area contributed by atoms with Gasteiger partial charge in [-0.05, 0) is 82.2 Å². The summed E-state index contributed by atoms with van der Waals surface area (Å²) >= 11 is 0. The van der Waals surface area contributed by atoms with Crippen LogP contribution in [-0.4, -0.2) is 39.9 Å². The molecule has 0 fully saturated rings. The summed E-state index contributed by atoms with van der Waals surface area (Å²) in [6.07, 6.45) is 7.14. The highest BCUT2D eigenvalue weighted by Gasteiger charge is 2.19. The first kappa shape index (κ1) is 33.3. The van der Waals surface area contributed by atoms with Gasteiger partial charge in [0.15, 0.2) is 17.5 Å². The first-order chi connectivity index (χ1) is 28.7. The molecule has 0 aliphatic heterocycles. The van der Waals surface area contributed by atoms with Crippen LogP contribution < -0.4 is 0 Å². The van der Waals surface area contributed by atoms with E-state index in [1.165, 1.54) is 21.5 Å². The molecule has 0 amide bonds. The van der Waals surface area contributed by atoms with Crippen LogP contribution in [0.1, 0.15) is 0 Å². The number of benzene rings is 5. The lowest BCUT2D eigenvalue weighted by molar-refractivity contribution is 1.05. The van der Waals surface area contributed by atoms with E-state index < -0.39 is 0 Å². The van der Waals surface area contributed by atoms with Crippen LogP contribution in [0.4, 0.5) is 0 Å². The Kier molecular flexibility index (Phi) is 7.96. The van der Waals surface area contributed by atoms with Gasteiger partial charge < -0.3 is 0 Å². The highest BCUT2D eigenvalue weighted by Crippen LogP contribution is 2.43. The first-order valence-corrected chi connectivity index (χ1v) is 19.0. The molecule has 6 aromatic heterocycles. The monoisotopic (exact) mass is 742 g/mol. The van der Waals surface area contributed by atoms with E-state index in [9.17, 15) is 0 Å². The Morgan fingerprint density at radius 2 is 0.810 bits per heavy atom. The molecule has 6 heterocycles. The van der Waals surface area contributed by atoms with Crippen LogP contribution in [0.5, 0.6) is 0 Å². The fourth-order valence-corrected chi connectivity index (χ4v) is 7.80. The lowest BCUT2D eigenvalue weighted by Crippen LogP contribution is -2.02. The van der Waals surface area contributed by atoms with Crippen molar-refractivity contribution < 1.29 is 0 Å². The summed E-state index contributed by atoms with van der Waals surface area (Å²) in [5.74, 6) is 1.36. The lowest BCUT2D eigenvalue weighted by atomic mass is 9.90. The maximum atomic E-state index is 5.38. The molecule has 0 radical (unpaired) electrons. The van der Waals surface area contributed by atoms with Crippen molar-refractivity contribution in [2.24, 2.45) is 0 Å². The Morgan fingerprint density at radius 1 is 0.293 bits per heavy atom. The molecule has 11 rings (SSSR count). The van der Waals surface area contributed by atoms with Gasteiger partial charge in [0.25, 0.3) is 0 Å². The topological polar surface area (TPSA) is 103 Å². The number of para-hydroxylation sites is 1. The van der Waals surface area contributed by atoms with E-state index in [0.717, 1.165) is 61.0 Å². The zero-order valence-electron chi connectivity index (χ0n) is 30.9. The molecular weight excluding hydrogens is 713 g/mol. The second-order valence-electron chi connectivity index (χ2n) is 14.0. The van der Waals surface area contributed by atoms with Crippen molar-refractivity contribution in [3.8, 4) is 68.2 Å². The highest BCUT2D eigenvalue weighted by atomic mass is 15.1. The summed E-state index contributed by atoms with van der Waals surface area (Å²) in [5.41, 5.74) is 8.26. The Bertz CT molecular complexity index is 3220. The fourth-order valence-electron chi connectivity index (χ4n) is 7.80. The van der Waals surface area contributed by atoms with E-state index in [2.05, 4.69) is 88.8 Å². The highest BCUT2D eigenvalue weighted by molar-refractivity contribution is 6.33. The zero-order chi connectivity index (χ0) is 38.4. The van der Waals surface area contributed by atoms with E-state index in [1.54, 1.807) is 24.8 Å². The maximum Gasteiger partial charge on any atom is 0.182 e. The Balaban J connectivity index is 1.10. The molecule has 0 N–H and O–H groups in total. The quantitative estimate of drug-likeness (QED) is 0.155. The SMILES string of the molecule is c1ccc(-c2ccc(-c3nc(-c4cccc(-c5nc6ccccc6c6c7ccccc7c7ccccc7c56)c4)nc(-c4ccc(-c5ccccn5)cn4)n3)nc2)nc1. The molecule has 0 unspecified atom stereocenters. The summed E-state index contributed by atoms with van der Waals surface area (Å²) < 4.78 is 0.